The Balaban J connectivity index is 1.44. The second kappa shape index (κ2) is 10.6. The Hall–Kier alpha value is -4.36. The number of furan rings is 1. The highest BCUT2D eigenvalue weighted by molar-refractivity contribution is 6.10. The van der Waals surface area contributed by atoms with Crippen molar-refractivity contribution in [2.45, 2.75) is 44.5 Å². The first-order valence-corrected chi connectivity index (χ1v) is 13.1. The van der Waals surface area contributed by atoms with Crippen LogP contribution in [0.5, 0.6) is 5.75 Å². The molecule has 3 heterocycles. The number of ether oxygens (including phenoxy) is 2. The lowest BCUT2D eigenvalue weighted by atomic mass is 10.1. The van der Waals surface area contributed by atoms with Crippen LogP contribution in [0.25, 0.3) is 11.1 Å². The Morgan fingerprint density at radius 2 is 1.88 bits per heavy atom. The molecule has 14 heteroatoms. The van der Waals surface area contributed by atoms with Gasteiger partial charge in [-0.05, 0) is 55.9 Å². The number of carbonyl (C=O) groups excluding carboxylic acids is 3. The zero-order valence-electron chi connectivity index (χ0n) is 22.5. The summed E-state index contributed by atoms with van der Waals surface area (Å²) in [5.41, 5.74) is 12.0. The highest BCUT2D eigenvalue weighted by Gasteiger charge is 2.37. The van der Waals surface area contributed by atoms with Crippen LogP contribution in [0, 0.1) is 5.92 Å². The van der Waals surface area contributed by atoms with Gasteiger partial charge in [0.15, 0.2) is 0 Å². The van der Waals surface area contributed by atoms with E-state index in [1.54, 1.807) is 0 Å². The van der Waals surface area contributed by atoms with Crippen molar-refractivity contribution in [3.63, 3.8) is 0 Å². The van der Waals surface area contributed by atoms with E-state index >= 15 is 0 Å². The quantitative estimate of drug-likeness (QED) is 0.400. The second-order valence-corrected chi connectivity index (χ2v) is 10.4. The van der Waals surface area contributed by atoms with Crippen LogP contribution in [0.15, 0.2) is 28.7 Å². The molecule has 2 fully saturated rings. The first-order valence-electron chi connectivity index (χ1n) is 13.1. The lowest BCUT2D eigenvalue weighted by Crippen LogP contribution is -2.44. The zero-order valence-corrected chi connectivity index (χ0v) is 22.5. The number of aromatic nitrogens is 1. The number of primary amides is 1. The molecule has 2 aliphatic rings. The first kappa shape index (κ1) is 28.2. The smallest absolute Gasteiger partial charge is 0.449 e. The van der Waals surface area contributed by atoms with Gasteiger partial charge in [-0.1, -0.05) is 0 Å². The molecule has 0 bridgehead atoms. The fraction of sp³-hybridized carbons (Fsp3) is 0.444. The Labute approximate surface area is 232 Å². The monoisotopic (exact) mass is 577 g/mol. The number of fused-ring (bicyclic) bond motifs is 1. The number of hydrogen-bond acceptors (Lipinski definition) is 7. The van der Waals surface area contributed by atoms with Crippen molar-refractivity contribution in [1.82, 2.24) is 9.47 Å². The van der Waals surface area contributed by atoms with Gasteiger partial charge in [-0.2, -0.15) is 13.2 Å². The molecule has 1 aliphatic carbocycles. The van der Waals surface area contributed by atoms with Crippen LogP contribution in [0.4, 0.5) is 29.3 Å². The van der Waals surface area contributed by atoms with Crippen LogP contribution in [0.1, 0.15) is 52.3 Å². The molecule has 0 radical (unpaired) electrons. The summed E-state index contributed by atoms with van der Waals surface area (Å²) in [7, 11) is 2.83. The number of halogens is 3. The lowest BCUT2D eigenvalue weighted by Gasteiger charge is -2.32. The number of alkyl halides is 3. The maximum atomic E-state index is 13.7. The molecule has 1 saturated carbocycles. The van der Waals surface area contributed by atoms with Gasteiger partial charge in [-0.3, -0.25) is 9.59 Å². The SMILES string of the molecule is COc1cc(C(=O)N2CCCC(OC(N)=O)C2)cc(N)c1N(C)C(=O)c1cc2cc(C(F)(F)F)oc2n1CC1CC1. The van der Waals surface area contributed by atoms with Crippen LogP contribution >= 0.6 is 0 Å². The number of anilines is 2. The molecule has 1 saturated heterocycles. The van der Waals surface area contributed by atoms with Crippen molar-refractivity contribution in [1.29, 1.82) is 0 Å². The molecule has 3 aromatic rings. The van der Waals surface area contributed by atoms with Gasteiger partial charge in [0.1, 0.15) is 23.2 Å². The molecule has 11 nitrogen and oxygen atoms in total. The average Bonchev–Trinajstić information content (AvgIpc) is 3.53. The number of nitrogen functional groups attached to an aromatic ring is 1. The largest absolute Gasteiger partial charge is 0.494 e. The summed E-state index contributed by atoms with van der Waals surface area (Å²) in [5.74, 6) is -1.67. The predicted molar refractivity (Wildman–Crippen MR) is 142 cm³/mol. The number of hydrogen-bond donors (Lipinski definition) is 2. The third-order valence-electron chi connectivity index (χ3n) is 7.36. The van der Waals surface area contributed by atoms with E-state index in [9.17, 15) is 27.6 Å². The number of piperidine rings is 1. The van der Waals surface area contributed by atoms with E-state index in [0.29, 0.717) is 25.9 Å². The number of rotatable bonds is 7. The highest BCUT2D eigenvalue weighted by Crippen LogP contribution is 2.40. The minimum absolute atomic E-state index is 0.0259. The first-order chi connectivity index (χ1) is 19.4. The van der Waals surface area contributed by atoms with Crippen molar-refractivity contribution in [3.8, 4) is 5.75 Å². The van der Waals surface area contributed by atoms with E-state index < -0.39 is 30.0 Å². The van der Waals surface area contributed by atoms with E-state index in [4.69, 9.17) is 25.4 Å². The number of nitrogens with zero attached hydrogens (tertiary/aromatic N) is 3. The zero-order chi connectivity index (χ0) is 29.6. The molecule has 1 unspecified atom stereocenters. The lowest BCUT2D eigenvalue weighted by molar-refractivity contribution is -0.152. The van der Waals surface area contributed by atoms with Crippen LogP contribution in [-0.4, -0.2) is 60.7 Å². The van der Waals surface area contributed by atoms with E-state index in [1.807, 2.05) is 0 Å². The normalized spacial score (nSPS) is 17.5. The summed E-state index contributed by atoms with van der Waals surface area (Å²) in [6.45, 7) is 0.938. The number of carbonyl (C=O) groups is 3. The number of benzene rings is 1. The van der Waals surface area contributed by atoms with Crippen LogP contribution in [0.3, 0.4) is 0 Å². The van der Waals surface area contributed by atoms with Gasteiger partial charge in [0.05, 0.1) is 19.3 Å². The number of methoxy groups -OCH3 is 1. The minimum Gasteiger partial charge on any atom is -0.494 e. The number of amides is 3. The molecule has 1 aliphatic heterocycles. The number of nitrogens with two attached hydrogens (primary N) is 2. The summed E-state index contributed by atoms with van der Waals surface area (Å²) in [4.78, 5) is 40.9. The molecule has 0 spiro atoms. The minimum atomic E-state index is -4.66. The van der Waals surface area contributed by atoms with Crippen molar-refractivity contribution in [3.05, 3.63) is 41.3 Å². The Morgan fingerprint density at radius 3 is 2.51 bits per heavy atom. The predicted octanol–water partition coefficient (Wildman–Crippen LogP) is 4.23. The molecule has 1 atom stereocenters. The molecule has 2 aromatic heterocycles. The molecule has 4 N–H and O–H groups in total. The van der Waals surface area contributed by atoms with Crippen LogP contribution in [0.2, 0.25) is 0 Å². The summed E-state index contributed by atoms with van der Waals surface area (Å²) < 4.78 is 57.0. The molecule has 5 rings (SSSR count). The molecular weight excluding hydrogens is 547 g/mol. The maximum Gasteiger partial charge on any atom is 0.449 e. The van der Waals surface area contributed by atoms with E-state index in [0.717, 1.165) is 18.9 Å². The van der Waals surface area contributed by atoms with E-state index in [-0.39, 0.29) is 57.9 Å². The van der Waals surface area contributed by atoms with Gasteiger partial charge >= 0.3 is 12.3 Å². The van der Waals surface area contributed by atoms with Gasteiger partial charge < -0.3 is 39.7 Å². The summed E-state index contributed by atoms with van der Waals surface area (Å²) in [5, 5.41) is 0.163. The molecule has 1 aromatic carbocycles. The average molecular weight is 578 g/mol. The van der Waals surface area contributed by atoms with Crippen molar-refractivity contribution in [2.75, 3.05) is 37.9 Å². The van der Waals surface area contributed by atoms with Crippen LogP contribution < -0.4 is 21.1 Å². The van der Waals surface area contributed by atoms with Crippen molar-refractivity contribution < 1.29 is 41.4 Å². The Kier molecular flexibility index (Phi) is 7.26. The molecule has 3 amide bonds. The fourth-order valence-corrected chi connectivity index (χ4v) is 5.21. The van der Waals surface area contributed by atoms with Gasteiger partial charge in [-0.15, -0.1) is 0 Å². The topological polar surface area (TPSA) is 146 Å². The van der Waals surface area contributed by atoms with Gasteiger partial charge in [-0.25, -0.2) is 4.79 Å². The van der Waals surface area contributed by atoms with E-state index in [1.165, 1.54) is 46.7 Å². The summed E-state index contributed by atoms with van der Waals surface area (Å²) in [6, 6.07) is 5.13. The van der Waals surface area contributed by atoms with Gasteiger partial charge in [0, 0.05) is 31.1 Å². The van der Waals surface area contributed by atoms with E-state index in [2.05, 4.69) is 0 Å². The van der Waals surface area contributed by atoms with Gasteiger partial charge in [0.2, 0.25) is 11.5 Å². The Morgan fingerprint density at radius 1 is 1.15 bits per heavy atom. The number of likely N-dealkylation sites (tertiary alicyclic amines) is 1. The maximum absolute atomic E-state index is 13.7. The molecular formula is C27H30F3N5O6. The standard InChI is InChI=1S/C27H30F3N5O6/c1-33(24(37)19-9-16-11-21(27(28,29)30)41-25(16)35(19)12-14-5-6-14)22-18(31)8-15(10-20(22)39-2)23(36)34-7-3-4-17(13-34)40-26(32)38/h8-11,14,17H,3-7,12-13,31H2,1-2H3,(H2,32,38). The summed E-state index contributed by atoms with van der Waals surface area (Å²) >= 11 is 0. The molecule has 41 heavy (non-hydrogen) atoms. The third-order valence-corrected chi connectivity index (χ3v) is 7.36. The van der Waals surface area contributed by atoms with Crippen LogP contribution in [-0.2, 0) is 17.5 Å². The third kappa shape index (κ3) is 5.63. The van der Waals surface area contributed by atoms with Crippen molar-refractivity contribution in [2.24, 2.45) is 11.7 Å². The second-order valence-electron chi connectivity index (χ2n) is 10.4. The van der Waals surface area contributed by atoms with Gasteiger partial charge in [0.25, 0.3) is 11.8 Å². The van der Waals surface area contributed by atoms with Crippen molar-refractivity contribution >= 4 is 40.4 Å². The Bertz CT molecular complexity index is 1510. The fourth-order valence-electron chi connectivity index (χ4n) is 5.21. The highest BCUT2D eigenvalue weighted by atomic mass is 19.4. The summed E-state index contributed by atoms with van der Waals surface area (Å²) in [6.07, 6.45) is -3.10. The molecule has 220 valence electrons.